The highest BCUT2D eigenvalue weighted by molar-refractivity contribution is 6.38. The SMILES string of the molecule is CC(C)(CCC(=O)CNC(=O)COC(N)=O)NC(=O)C(=O)C(C)(C)C. The van der Waals surface area contributed by atoms with Crippen LogP contribution in [0.3, 0.4) is 0 Å². The van der Waals surface area contributed by atoms with Crippen molar-refractivity contribution in [2.75, 3.05) is 13.2 Å². The smallest absolute Gasteiger partial charge is 0.405 e. The Kier molecular flexibility index (Phi) is 8.25. The molecule has 25 heavy (non-hydrogen) atoms. The van der Waals surface area contributed by atoms with Crippen LogP contribution < -0.4 is 16.4 Å². The predicted molar refractivity (Wildman–Crippen MR) is 89.5 cm³/mol. The van der Waals surface area contributed by atoms with Gasteiger partial charge in [0.2, 0.25) is 5.78 Å². The number of carbonyl (C=O) groups excluding carboxylic acids is 5. The molecular weight excluding hydrogens is 330 g/mol. The number of Topliss-reactive ketones (excluding diaryl/α,β-unsaturated/α-hetero) is 2. The maximum absolute atomic E-state index is 11.9. The first-order valence-electron chi connectivity index (χ1n) is 7.82. The van der Waals surface area contributed by atoms with Crippen molar-refractivity contribution in [2.45, 2.75) is 53.0 Å². The first kappa shape index (κ1) is 22.6. The molecule has 9 nitrogen and oxygen atoms in total. The zero-order valence-electron chi connectivity index (χ0n) is 15.4. The number of primary amides is 1. The summed E-state index contributed by atoms with van der Waals surface area (Å²) in [5, 5.41) is 4.91. The Morgan fingerprint density at radius 2 is 1.56 bits per heavy atom. The van der Waals surface area contributed by atoms with Crippen molar-refractivity contribution in [2.24, 2.45) is 11.1 Å². The Balaban J connectivity index is 4.29. The van der Waals surface area contributed by atoms with E-state index in [0.29, 0.717) is 6.42 Å². The Hall–Kier alpha value is -2.45. The van der Waals surface area contributed by atoms with Crippen molar-refractivity contribution in [1.29, 1.82) is 0 Å². The Morgan fingerprint density at radius 1 is 1.00 bits per heavy atom. The number of carbonyl (C=O) groups is 5. The van der Waals surface area contributed by atoms with Crippen LogP contribution in [0.2, 0.25) is 0 Å². The molecule has 0 aromatic heterocycles. The summed E-state index contributed by atoms with van der Waals surface area (Å²) < 4.78 is 4.28. The molecule has 9 heteroatoms. The molecular formula is C16H27N3O6. The molecule has 3 amide bonds. The molecule has 0 unspecified atom stereocenters. The first-order chi connectivity index (χ1) is 11.2. The zero-order valence-corrected chi connectivity index (χ0v) is 15.4. The van der Waals surface area contributed by atoms with E-state index in [9.17, 15) is 24.0 Å². The highest BCUT2D eigenvalue weighted by Crippen LogP contribution is 2.17. The van der Waals surface area contributed by atoms with Gasteiger partial charge in [0.1, 0.15) is 0 Å². The Labute approximate surface area is 147 Å². The fourth-order valence-electron chi connectivity index (χ4n) is 1.69. The van der Waals surface area contributed by atoms with E-state index in [1.54, 1.807) is 34.6 Å². The molecule has 0 heterocycles. The lowest BCUT2D eigenvalue weighted by Crippen LogP contribution is -2.49. The summed E-state index contributed by atoms with van der Waals surface area (Å²) in [5.74, 6) is -2.14. The first-order valence-corrected chi connectivity index (χ1v) is 7.82. The summed E-state index contributed by atoms with van der Waals surface area (Å²) in [4.78, 5) is 57.2. The van der Waals surface area contributed by atoms with Crippen LogP contribution in [0.1, 0.15) is 47.5 Å². The van der Waals surface area contributed by atoms with Crippen LogP contribution in [0.15, 0.2) is 0 Å². The van der Waals surface area contributed by atoms with Gasteiger partial charge >= 0.3 is 6.09 Å². The number of amides is 3. The third-order valence-corrected chi connectivity index (χ3v) is 3.20. The normalized spacial score (nSPS) is 11.4. The van der Waals surface area contributed by atoms with Gasteiger partial charge in [-0.15, -0.1) is 0 Å². The van der Waals surface area contributed by atoms with Crippen molar-refractivity contribution in [1.82, 2.24) is 10.6 Å². The molecule has 142 valence electrons. The van der Waals surface area contributed by atoms with Gasteiger partial charge in [-0.25, -0.2) is 4.79 Å². The summed E-state index contributed by atoms with van der Waals surface area (Å²) in [5.41, 5.74) is 3.17. The summed E-state index contributed by atoms with van der Waals surface area (Å²) in [6, 6.07) is 0. The van der Waals surface area contributed by atoms with Crippen molar-refractivity contribution in [3.05, 3.63) is 0 Å². The fourth-order valence-corrected chi connectivity index (χ4v) is 1.69. The predicted octanol–water partition coefficient (Wildman–Crippen LogP) is 0.0572. The maximum Gasteiger partial charge on any atom is 0.405 e. The lowest BCUT2D eigenvalue weighted by Gasteiger charge is -2.27. The van der Waals surface area contributed by atoms with Gasteiger partial charge in [0, 0.05) is 17.4 Å². The van der Waals surface area contributed by atoms with Crippen molar-refractivity contribution >= 4 is 29.5 Å². The number of hydrogen-bond acceptors (Lipinski definition) is 6. The number of ether oxygens (including phenoxy) is 1. The van der Waals surface area contributed by atoms with Crippen LogP contribution in [-0.2, 0) is 23.9 Å². The van der Waals surface area contributed by atoms with Gasteiger partial charge in [-0.2, -0.15) is 0 Å². The standard InChI is InChI=1S/C16H27N3O6/c1-15(2,3)12(22)13(23)19-16(4,5)7-6-10(20)8-18-11(21)9-25-14(17)24/h6-9H2,1-5H3,(H2,17,24)(H,18,21)(H,19,23). The Bertz CT molecular complexity index is 549. The second-order valence-electron chi connectivity index (χ2n) is 7.34. The van der Waals surface area contributed by atoms with E-state index < -0.39 is 41.3 Å². The molecule has 4 N–H and O–H groups in total. The van der Waals surface area contributed by atoms with Gasteiger partial charge in [-0.3, -0.25) is 19.2 Å². The molecule has 0 aromatic rings. The number of ketones is 2. The monoisotopic (exact) mass is 357 g/mol. The summed E-state index contributed by atoms with van der Waals surface area (Å²) in [6.07, 6.45) is -0.694. The molecule has 0 aliphatic carbocycles. The van der Waals surface area contributed by atoms with E-state index in [1.165, 1.54) is 0 Å². The van der Waals surface area contributed by atoms with Gasteiger partial charge in [0.15, 0.2) is 12.4 Å². The number of nitrogens with one attached hydrogen (secondary N) is 2. The minimum atomic E-state index is -1.08. The second-order valence-corrected chi connectivity index (χ2v) is 7.34. The molecule has 0 bridgehead atoms. The van der Waals surface area contributed by atoms with E-state index in [4.69, 9.17) is 5.73 Å². The maximum atomic E-state index is 11.9. The second kappa shape index (κ2) is 9.14. The van der Waals surface area contributed by atoms with Gasteiger partial charge in [-0.1, -0.05) is 20.8 Å². The molecule has 0 atom stereocenters. The molecule has 0 fully saturated rings. The molecule has 0 spiro atoms. The molecule has 0 aliphatic heterocycles. The number of rotatable bonds is 9. The third-order valence-electron chi connectivity index (χ3n) is 3.20. The largest absolute Gasteiger partial charge is 0.440 e. The van der Waals surface area contributed by atoms with Crippen LogP contribution in [0.4, 0.5) is 4.79 Å². The van der Waals surface area contributed by atoms with E-state index in [-0.39, 0.29) is 18.7 Å². The number of hydrogen-bond donors (Lipinski definition) is 3. The third kappa shape index (κ3) is 10.1. The van der Waals surface area contributed by atoms with Gasteiger partial charge in [0.25, 0.3) is 11.8 Å². The van der Waals surface area contributed by atoms with Gasteiger partial charge in [0.05, 0.1) is 6.54 Å². The fraction of sp³-hybridized carbons (Fsp3) is 0.688. The highest BCUT2D eigenvalue weighted by atomic mass is 16.5. The van der Waals surface area contributed by atoms with E-state index in [1.807, 2.05) is 0 Å². The van der Waals surface area contributed by atoms with Crippen LogP contribution in [0, 0.1) is 5.41 Å². The lowest BCUT2D eigenvalue weighted by atomic mass is 9.89. The van der Waals surface area contributed by atoms with Gasteiger partial charge in [-0.05, 0) is 20.3 Å². The number of nitrogens with two attached hydrogens (primary N) is 1. The molecule has 0 saturated carbocycles. The minimum Gasteiger partial charge on any atom is -0.440 e. The quantitative estimate of drug-likeness (QED) is 0.497. The Morgan fingerprint density at radius 3 is 2.04 bits per heavy atom. The topological polar surface area (TPSA) is 145 Å². The summed E-state index contributed by atoms with van der Waals surface area (Å²) in [6.45, 7) is 7.56. The average molecular weight is 357 g/mol. The van der Waals surface area contributed by atoms with Crippen molar-refractivity contribution in [3.63, 3.8) is 0 Å². The average Bonchev–Trinajstić information content (AvgIpc) is 2.46. The summed E-state index contributed by atoms with van der Waals surface area (Å²) in [7, 11) is 0. The minimum absolute atomic E-state index is 0.0912. The highest BCUT2D eigenvalue weighted by Gasteiger charge is 2.31. The molecule has 0 aromatic carbocycles. The van der Waals surface area contributed by atoms with E-state index in [2.05, 4.69) is 15.4 Å². The molecule has 0 aliphatic rings. The van der Waals surface area contributed by atoms with Crippen LogP contribution in [-0.4, -0.2) is 48.2 Å². The van der Waals surface area contributed by atoms with E-state index >= 15 is 0 Å². The molecule has 0 radical (unpaired) electrons. The zero-order chi connectivity index (χ0) is 19.8. The van der Waals surface area contributed by atoms with E-state index in [0.717, 1.165) is 0 Å². The molecule has 0 saturated heterocycles. The van der Waals surface area contributed by atoms with Crippen LogP contribution in [0.5, 0.6) is 0 Å². The summed E-state index contributed by atoms with van der Waals surface area (Å²) >= 11 is 0. The van der Waals surface area contributed by atoms with Crippen LogP contribution >= 0.6 is 0 Å². The van der Waals surface area contributed by atoms with Gasteiger partial charge < -0.3 is 21.1 Å². The van der Waals surface area contributed by atoms with Crippen molar-refractivity contribution in [3.8, 4) is 0 Å². The molecule has 0 rings (SSSR count). The van der Waals surface area contributed by atoms with Crippen molar-refractivity contribution < 1.29 is 28.7 Å². The van der Waals surface area contributed by atoms with Crippen LogP contribution in [0.25, 0.3) is 0 Å². The lowest BCUT2D eigenvalue weighted by molar-refractivity contribution is -0.143.